The summed E-state index contributed by atoms with van der Waals surface area (Å²) in [5.41, 5.74) is 0.536. The third-order valence-corrected chi connectivity index (χ3v) is 3.27. The van der Waals surface area contributed by atoms with Crippen molar-refractivity contribution in [3.8, 4) is 0 Å². The minimum atomic E-state index is -0.437. The Kier molecular flexibility index (Phi) is 3.49. The smallest absolute Gasteiger partial charge is 0.294 e. The first kappa shape index (κ1) is 12.1. The molecule has 0 aliphatic carbocycles. The summed E-state index contributed by atoms with van der Waals surface area (Å²) in [6, 6.07) is 4.60. The Hall–Kier alpha value is -1.33. The number of hydrogen-bond acceptors (Lipinski definition) is 4. The van der Waals surface area contributed by atoms with Crippen molar-refractivity contribution in [2.75, 3.05) is 18.1 Å². The molecule has 92 valence electrons. The highest BCUT2D eigenvalue weighted by Crippen LogP contribution is 2.35. The molecule has 1 fully saturated rings. The third kappa shape index (κ3) is 2.35. The van der Waals surface area contributed by atoms with Crippen molar-refractivity contribution in [2.24, 2.45) is 0 Å². The molecule has 0 amide bonds. The Labute approximate surface area is 104 Å². The van der Waals surface area contributed by atoms with Crippen molar-refractivity contribution in [3.63, 3.8) is 0 Å². The normalized spacial score (nSPS) is 19.6. The van der Waals surface area contributed by atoms with Crippen molar-refractivity contribution >= 4 is 23.0 Å². The van der Waals surface area contributed by atoms with Gasteiger partial charge in [0.2, 0.25) is 0 Å². The highest BCUT2D eigenvalue weighted by Gasteiger charge is 2.29. The van der Waals surface area contributed by atoms with E-state index in [0.29, 0.717) is 10.7 Å². The van der Waals surface area contributed by atoms with Gasteiger partial charge < -0.3 is 10.0 Å². The fourth-order valence-corrected chi connectivity index (χ4v) is 2.39. The number of hydrogen-bond donors (Lipinski definition) is 1. The van der Waals surface area contributed by atoms with Crippen molar-refractivity contribution in [1.82, 2.24) is 0 Å². The van der Waals surface area contributed by atoms with Crippen LogP contribution >= 0.6 is 11.6 Å². The highest BCUT2D eigenvalue weighted by molar-refractivity contribution is 6.30. The Morgan fingerprint density at radius 1 is 1.59 bits per heavy atom. The number of nitro groups is 1. The molecule has 1 N–H and O–H groups in total. The van der Waals surface area contributed by atoms with Gasteiger partial charge >= 0.3 is 0 Å². The zero-order valence-corrected chi connectivity index (χ0v) is 9.93. The second-order valence-corrected chi connectivity index (χ2v) is 4.50. The minimum Gasteiger partial charge on any atom is -0.394 e. The first-order valence-corrected chi connectivity index (χ1v) is 5.82. The average molecular weight is 257 g/mol. The maximum absolute atomic E-state index is 11.0. The summed E-state index contributed by atoms with van der Waals surface area (Å²) < 4.78 is 0. The van der Waals surface area contributed by atoms with E-state index < -0.39 is 4.92 Å². The number of rotatable bonds is 3. The molecule has 17 heavy (non-hydrogen) atoms. The number of aliphatic hydroxyl groups is 1. The highest BCUT2D eigenvalue weighted by atomic mass is 35.5. The van der Waals surface area contributed by atoms with Crippen molar-refractivity contribution in [2.45, 2.75) is 18.9 Å². The largest absolute Gasteiger partial charge is 0.394 e. The minimum absolute atomic E-state index is 0.00199. The topological polar surface area (TPSA) is 66.6 Å². The second kappa shape index (κ2) is 4.89. The number of benzene rings is 1. The van der Waals surface area contributed by atoms with E-state index in [1.807, 2.05) is 4.90 Å². The maximum atomic E-state index is 11.0. The monoisotopic (exact) mass is 256 g/mol. The lowest BCUT2D eigenvalue weighted by molar-refractivity contribution is -0.384. The van der Waals surface area contributed by atoms with Crippen LogP contribution in [0.2, 0.25) is 5.02 Å². The van der Waals surface area contributed by atoms with E-state index in [4.69, 9.17) is 11.6 Å². The van der Waals surface area contributed by atoms with Gasteiger partial charge in [-0.05, 0) is 25.0 Å². The molecule has 1 heterocycles. The number of nitrogens with zero attached hydrogens (tertiary/aromatic N) is 2. The van der Waals surface area contributed by atoms with E-state index in [1.165, 1.54) is 6.07 Å². The molecule has 0 spiro atoms. The fraction of sp³-hybridized carbons (Fsp3) is 0.455. The molecule has 1 aliphatic heterocycles. The standard InChI is InChI=1S/C11H13ClN2O3/c12-8-3-4-10(11(6-8)14(16)17)13-5-1-2-9(13)7-15/h3-4,6,9,15H,1-2,5,7H2/t9-/m1/s1. The molecule has 0 radical (unpaired) electrons. The van der Waals surface area contributed by atoms with Crippen molar-refractivity contribution < 1.29 is 10.0 Å². The number of aliphatic hydroxyl groups excluding tert-OH is 1. The molecule has 0 unspecified atom stereocenters. The van der Waals surface area contributed by atoms with Gasteiger partial charge in [-0.15, -0.1) is 0 Å². The lowest BCUT2D eigenvalue weighted by Crippen LogP contribution is -2.32. The molecule has 0 bridgehead atoms. The van der Waals surface area contributed by atoms with Crippen LogP contribution in [0.1, 0.15) is 12.8 Å². The lowest BCUT2D eigenvalue weighted by atomic mass is 10.2. The van der Waals surface area contributed by atoms with Gasteiger partial charge in [0.05, 0.1) is 17.6 Å². The zero-order valence-electron chi connectivity index (χ0n) is 9.17. The van der Waals surface area contributed by atoms with Crippen LogP contribution in [0, 0.1) is 10.1 Å². The molecule has 1 saturated heterocycles. The zero-order chi connectivity index (χ0) is 12.4. The van der Waals surface area contributed by atoms with E-state index in [9.17, 15) is 15.2 Å². The number of anilines is 1. The molecule has 1 aliphatic rings. The van der Waals surface area contributed by atoms with Crippen LogP contribution in [-0.2, 0) is 0 Å². The van der Waals surface area contributed by atoms with Gasteiger partial charge in [0.15, 0.2) is 0 Å². The van der Waals surface area contributed by atoms with Crippen molar-refractivity contribution in [1.29, 1.82) is 0 Å². The van der Waals surface area contributed by atoms with E-state index in [-0.39, 0.29) is 18.3 Å². The molecule has 5 nitrogen and oxygen atoms in total. The molecule has 2 rings (SSSR count). The van der Waals surface area contributed by atoms with Crippen LogP contribution in [0.15, 0.2) is 18.2 Å². The van der Waals surface area contributed by atoms with E-state index in [2.05, 4.69) is 0 Å². The predicted octanol–water partition coefficient (Wildman–Crippen LogP) is 2.21. The average Bonchev–Trinajstić information content (AvgIpc) is 2.76. The van der Waals surface area contributed by atoms with E-state index in [1.54, 1.807) is 12.1 Å². The third-order valence-electron chi connectivity index (χ3n) is 3.03. The molecule has 0 aromatic heterocycles. The predicted molar refractivity (Wildman–Crippen MR) is 65.6 cm³/mol. The van der Waals surface area contributed by atoms with Crippen LogP contribution < -0.4 is 4.90 Å². The first-order chi connectivity index (χ1) is 8.13. The molecule has 0 saturated carbocycles. The van der Waals surface area contributed by atoms with Crippen LogP contribution in [0.5, 0.6) is 0 Å². The molecular weight excluding hydrogens is 244 g/mol. The van der Waals surface area contributed by atoms with Crippen LogP contribution in [0.3, 0.4) is 0 Å². The summed E-state index contributed by atoms with van der Waals surface area (Å²) in [5.74, 6) is 0. The van der Waals surface area contributed by atoms with Crippen LogP contribution in [0.4, 0.5) is 11.4 Å². The summed E-state index contributed by atoms with van der Waals surface area (Å²) in [5, 5.41) is 20.6. The fourth-order valence-electron chi connectivity index (χ4n) is 2.23. The Balaban J connectivity index is 2.40. The Morgan fingerprint density at radius 3 is 3.00 bits per heavy atom. The molecule has 1 aromatic carbocycles. The Morgan fingerprint density at radius 2 is 2.35 bits per heavy atom. The van der Waals surface area contributed by atoms with Gasteiger partial charge in [-0.1, -0.05) is 11.6 Å². The molecular formula is C11H13ClN2O3. The van der Waals surface area contributed by atoms with Crippen LogP contribution in [-0.4, -0.2) is 29.2 Å². The lowest BCUT2D eigenvalue weighted by Gasteiger charge is -2.24. The van der Waals surface area contributed by atoms with Crippen LogP contribution in [0.25, 0.3) is 0 Å². The van der Waals surface area contributed by atoms with Gasteiger partial charge in [-0.3, -0.25) is 10.1 Å². The summed E-state index contributed by atoms with van der Waals surface area (Å²) in [6.45, 7) is 0.744. The van der Waals surface area contributed by atoms with Gasteiger partial charge in [-0.2, -0.15) is 0 Å². The molecule has 1 atom stereocenters. The second-order valence-electron chi connectivity index (χ2n) is 4.06. The molecule has 1 aromatic rings. The number of halogens is 1. The summed E-state index contributed by atoms with van der Waals surface area (Å²) >= 11 is 5.77. The SMILES string of the molecule is O=[N+]([O-])c1cc(Cl)ccc1N1CCC[C@@H]1CO. The summed E-state index contributed by atoms with van der Waals surface area (Å²) in [4.78, 5) is 12.4. The van der Waals surface area contributed by atoms with E-state index in [0.717, 1.165) is 19.4 Å². The number of nitro benzene ring substituents is 1. The van der Waals surface area contributed by atoms with Gasteiger partial charge in [0.25, 0.3) is 5.69 Å². The van der Waals surface area contributed by atoms with Gasteiger partial charge in [0, 0.05) is 17.6 Å². The quantitative estimate of drug-likeness (QED) is 0.665. The first-order valence-electron chi connectivity index (χ1n) is 5.45. The van der Waals surface area contributed by atoms with Crippen molar-refractivity contribution in [3.05, 3.63) is 33.3 Å². The van der Waals surface area contributed by atoms with Gasteiger partial charge in [-0.25, -0.2) is 0 Å². The van der Waals surface area contributed by atoms with E-state index >= 15 is 0 Å². The Bertz CT molecular complexity index is 439. The summed E-state index contributed by atoms with van der Waals surface area (Å²) in [6.07, 6.45) is 1.79. The maximum Gasteiger partial charge on any atom is 0.294 e. The molecule has 6 heteroatoms. The summed E-state index contributed by atoms with van der Waals surface area (Å²) in [7, 11) is 0. The van der Waals surface area contributed by atoms with Gasteiger partial charge in [0.1, 0.15) is 5.69 Å².